The minimum atomic E-state index is 0.409. The number of ether oxygens (including phenoxy) is 1. The number of anilines is 1. The van der Waals surface area contributed by atoms with Gasteiger partial charge >= 0.3 is 0 Å². The maximum absolute atomic E-state index is 5.76. The first-order valence-corrected chi connectivity index (χ1v) is 6.65. The van der Waals surface area contributed by atoms with E-state index in [0.29, 0.717) is 17.3 Å². The fraction of sp³-hybridized carbons (Fsp3) is 0.615. The highest BCUT2D eigenvalue weighted by molar-refractivity contribution is 6.29. The van der Waals surface area contributed by atoms with Crippen LogP contribution in [0.15, 0.2) is 18.3 Å². The lowest BCUT2D eigenvalue weighted by Gasteiger charge is -2.30. The molecule has 0 amide bonds. The zero-order valence-electron chi connectivity index (χ0n) is 10.2. The standard InChI is InChI=1S/C13H19ClN2O/c1-2-3-12-8-10(6-7-17-12)16-11-4-5-13(14)15-9-11/h4-5,9-10,12,16H,2-3,6-8H2,1H3. The number of halogens is 1. The van der Waals surface area contributed by atoms with Crippen LogP contribution in [0.3, 0.4) is 0 Å². The predicted octanol–water partition coefficient (Wildman–Crippen LogP) is 3.49. The van der Waals surface area contributed by atoms with E-state index in [9.17, 15) is 0 Å². The average molecular weight is 255 g/mol. The van der Waals surface area contributed by atoms with Crippen molar-refractivity contribution in [1.82, 2.24) is 4.98 Å². The van der Waals surface area contributed by atoms with E-state index in [1.807, 2.05) is 12.1 Å². The first kappa shape index (κ1) is 12.7. The molecular formula is C13H19ClN2O. The van der Waals surface area contributed by atoms with Crippen molar-refractivity contribution in [3.63, 3.8) is 0 Å². The van der Waals surface area contributed by atoms with Crippen LogP contribution in [0.4, 0.5) is 5.69 Å². The molecule has 1 aromatic heterocycles. The summed E-state index contributed by atoms with van der Waals surface area (Å²) >= 11 is 5.76. The van der Waals surface area contributed by atoms with Crippen molar-refractivity contribution in [1.29, 1.82) is 0 Å². The fourth-order valence-corrected chi connectivity index (χ4v) is 2.34. The van der Waals surface area contributed by atoms with Crippen LogP contribution in [-0.2, 0) is 4.74 Å². The molecule has 0 radical (unpaired) electrons. The number of hydrogen-bond acceptors (Lipinski definition) is 3. The van der Waals surface area contributed by atoms with Gasteiger partial charge in [0.1, 0.15) is 5.15 Å². The number of rotatable bonds is 4. The van der Waals surface area contributed by atoms with Gasteiger partial charge in [-0.15, -0.1) is 0 Å². The lowest BCUT2D eigenvalue weighted by molar-refractivity contribution is 0.00597. The Morgan fingerprint density at radius 3 is 3.12 bits per heavy atom. The van der Waals surface area contributed by atoms with Crippen molar-refractivity contribution in [3.8, 4) is 0 Å². The second kappa shape index (κ2) is 6.22. The Labute approximate surface area is 108 Å². The van der Waals surface area contributed by atoms with E-state index in [1.165, 1.54) is 6.42 Å². The largest absolute Gasteiger partial charge is 0.381 e. The molecule has 0 saturated carbocycles. The minimum absolute atomic E-state index is 0.409. The van der Waals surface area contributed by atoms with Crippen LogP contribution in [0.2, 0.25) is 5.15 Å². The predicted molar refractivity (Wildman–Crippen MR) is 70.5 cm³/mol. The molecule has 4 heteroatoms. The van der Waals surface area contributed by atoms with Gasteiger partial charge in [-0.2, -0.15) is 0 Å². The lowest BCUT2D eigenvalue weighted by atomic mass is 10.00. The summed E-state index contributed by atoms with van der Waals surface area (Å²) < 4.78 is 5.73. The van der Waals surface area contributed by atoms with Crippen LogP contribution >= 0.6 is 11.6 Å². The molecule has 2 heterocycles. The van der Waals surface area contributed by atoms with Gasteiger partial charge in [-0.1, -0.05) is 24.9 Å². The lowest BCUT2D eigenvalue weighted by Crippen LogP contribution is -2.34. The van der Waals surface area contributed by atoms with Crippen molar-refractivity contribution in [2.45, 2.75) is 44.8 Å². The first-order valence-electron chi connectivity index (χ1n) is 6.27. The quantitative estimate of drug-likeness (QED) is 0.836. The number of hydrogen-bond donors (Lipinski definition) is 1. The van der Waals surface area contributed by atoms with Crippen molar-refractivity contribution in [3.05, 3.63) is 23.5 Å². The van der Waals surface area contributed by atoms with E-state index in [2.05, 4.69) is 17.2 Å². The van der Waals surface area contributed by atoms with Gasteiger partial charge in [-0.3, -0.25) is 0 Å². The summed E-state index contributed by atoms with van der Waals surface area (Å²) in [6.45, 7) is 3.05. The third-order valence-electron chi connectivity index (χ3n) is 3.08. The van der Waals surface area contributed by atoms with E-state index in [0.717, 1.165) is 31.6 Å². The molecule has 94 valence electrons. The van der Waals surface area contributed by atoms with Crippen LogP contribution in [0.1, 0.15) is 32.6 Å². The SMILES string of the molecule is CCCC1CC(Nc2ccc(Cl)nc2)CCO1. The second-order valence-corrected chi connectivity index (χ2v) is 4.90. The fourth-order valence-electron chi connectivity index (χ4n) is 2.23. The average Bonchev–Trinajstić information content (AvgIpc) is 2.33. The highest BCUT2D eigenvalue weighted by atomic mass is 35.5. The Bertz CT molecular complexity index is 340. The summed E-state index contributed by atoms with van der Waals surface area (Å²) in [5.41, 5.74) is 1.04. The van der Waals surface area contributed by atoms with E-state index < -0.39 is 0 Å². The van der Waals surface area contributed by atoms with E-state index >= 15 is 0 Å². The third-order valence-corrected chi connectivity index (χ3v) is 3.30. The molecule has 1 aliphatic rings. The van der Waals surface area contributed by atoms with E-state index in [1.54, 1.807) is 6.20 Å². The molecule has 2 atom stereocenters. The normalized spacial score (nSPS) is 24.6. The van der Waals surface area contributed by atoms with Gasteiger partial charge in [-0.05, 0) is 31.4 Å². The van der Waals surface area contributed by atoms with E-state index in [-0.39, 0.29) is 0 Å². The van der Waals surface area contributed by atoms with Crippen molar-refractivity contribution >= 4 is 17.3 Å². The number of aromatic nitrogens is 1. The Balaban J connectivity index is 1.87. The summed E-state index contributed by atoms with van der Waals surface area (Å²) in [6.07, 6.45) is 6.66. The topological polar surface area (TPSA) is 34.2 Å². The van der Waals surface area contributed by atoms with Crippen molar-refractivity contribution < 1.29 is 4.74 Å². The maximum Gasteiger partial charge on any atom is 0.129 e. The second-order valence-electron chi connectivity index (χ2n) is 4.52. The molecule has 0 bridgehead atoms. The van der Waals surface area contributed by atoms with Gasteiger partial charge in [0.2, 0.25) is 0 Å². The molecule has 0 spiro atoms. The molecule has 0 aliphatic carbocycles. The monoisotopic (exact) mass is 254 g/mol. The number of pyridine rings is 1. The number of nitrogens with one attached hydrogen (secondary N) is 1. The zero-order valence-corrected chi connectivity index (χ0v) is 10.9. The molecule has 17 heavy (non-hydrogen) atoms. The Kier molecular flexibility index (Phi) is 4.63. The van der Waals surface area contributed by atoms with Crippen molar-refractivity contribution in [2.75, 3.05) is 11.9 Å². The summed E-state index contributed by atoms with van der Waals surface area (Å²) in [6, 6.07) is 4.27. The molecule has 1 aliphatic heterocycles. The maximum atomic E-state index is 5.76. The summed E-state index contributed by atoms with van der Waals surface area (Å²) in [5, 5.41) is 4.03. The van der Waals surface area contributed by atoms with Gasteiger partial charge in [0.15, 0.2) is 0 Å². The molecule has 0 aromatic carbocycles. The van der Waals surface area contributed by atoms with Crippen LogP contribution < -0.4 is 5.32 Å². The molecule has 1 fully saturated rings. The minimum Gasteiger partial charge on any atom is -0.381 e. The van der Waals surface area contributed by atoms with Gasteiger partial charge in [0.05, 0.1) is 18.0 Å². The summed E-state index contributed by atoms with van der Waals surface area (Å²) in [5.74, 6) is 0. The highest BCUT2D eigenvalue weighted by Crippen LogP contribution is 2.21. The molecule has 2 unspecified atom stereocenters. The van der Waals surface area contributed by atoms with Gasteiger partial charge in [0.25, 0.3) is 0 Å². The van der Waals surface area contributed by atoms with Crippen LogP contribution in [0.25, 0.3) is 0 Å². The molecule has 2 rings (SSSR count). The third kappa shape index (κ3) is 3.86. The highest BCUT2D eigenvalue weighted by Gasteiger charge is 2.21. The molecular weight excluding hydrogens is 236 g/mol. The zero-order chi connectivity index (χ0) is 12.1. The van der Waals surface area contributed by atoms with E-state index in [4.69, 9.17) is 16.3 Å². The Hall–Kier alpha value is -0.800. The first-order chi connectivity index (χ1) is 8.28. The Morgan fingerprint density at radius 1 is 1.53 bits per heavy atom. The number of nitrogens with zero attached hydrogens (tertiary/aromatic N) is 1. The van der Waals surface area contributed by atoms with Gasteiger partial charge in [0, 0.05) is 12.6 Å². The van der Waals surface area contributed by atoms with Crippen molar-refractivity contribution in [2.24, 2.45) is 0 Å². The summed E-state index contributed by atoms with van der Waals surface area (Å²) in [7, 11) is 0. The molecule has 3 nitrogen and oxygen atoms in total. The van der Waals surface area contributed by atoms with Crippen LogP contribution in [0.5, 0.6) is 0 Å². The summed E-state index contributed by atoms with van der Waals surface area (Å²) in [4.78, 5) is 4.07. The smallest absolute Gasteiger partial charge is 0.129 e. The van der Waals surface area contributed by atoms with Gasteiger partial charge in [-0.25, -0.2) is 4.98 Å². The molecule has 1 aromatic rings. The Morgan fingerprint density at radius 2 is 2.41 bits per heavy atom. The van der Waals surface area contributed by atoms with Crippen LogP contribution in [-0.4, -0.2) is 23.7 Å². The van der Waals surface area contributed by atoms with Crippen LogP contribution in [0, 0.1) is 0 Å². The molecule has 1 N–H and O–H groups in total. The molecule has 1 saturated heterocycles. The van der Waals surface area contributed by atoms with Gasteiger partial charge < -0.3 is 10.1 Å².